The number of likely N-dealkylation sites (tertiary alicyclic amines) is 1. The summed E-state index contributed by atoms with van der Waals surface area (Å²) in [4.78, 5) is 46.4. The van der Waals surface area contributed by atoms with Crippen molar-refractivity contribution >= 4 is 34.2 Å². The number of fused-ring (bicyclic) bond motifs is 1. The largest absolute Gasteiger partial charge is 0.326 e. The van der Waals surface area contributed by atoms with Crippen LogP contribution in [0.15, 0.2) is 54.7 Å². The first-order chi connectivity index (χ1) is 16.7. The molecule has 0 aliphatic carbocycles. The fraction of sp³-hybridized carbons (Fsp3) is 0.296. The Morgan fingerprint density at radius 3 is 2.71 bits per heavy atom. The number of pyridine rings is 1. The molecule has 0 bridgehead atoms. The highest BCUT2D eigenvalue weighted by Crippen LogP contribution is 2.33. The van der Waals surface area contributed by atoms with Crippen LogP contribution in [0.25, 0.3) is 26.9 Å². The van der Waals surface area contributed by atoms with Gasteiger partial charge in [-0.3, -0.25) is 29.1 Å². The lowest BCUT2D eigenvalue weighted by Gasteiger charge is -2.17. The SMILES string of the molecule is [C-]#[N+][C@@H]1CC(C)(F)CN1C(=O)CCC(=O)c1ccnc2ccc(-c3ccccc3NC(C)=O)cc12. The molecular formula is C27H25FN4O3. The van der Waals surface area contributed by atoms with Gasteiger partial charge in [-0.15, -0.1) is 0 Å². The lowest BCUT2D eigenvalue weighted by Crippen LogP contribution is -2.35. The predicted octanol–water partition coefficient (Wildman–Crippen LogP) is 5.03. The van der Waals surface area contributed by atoms with Gasteiger partial charge >= 0.3 is 6.17 Å². The van der Waals surface area contributed by atoms with Crippen molar-refractivity contribution in [2.75, 3.05) is 11.9 Å². The van der Waals surface area contributed by atoms with E-state index in [9.17, 15) is 18.8 Å². The Morgan fingerprint density at radius 2 is 1.97 bits per heavy atom. The smallest absolute Gasteiger partial charge is 0.303 e. The molecule has 0 saturated carbocycles. The molecule has 1 unspecified atom stereocenters. The molecule has 178 valence electrons. The van der Waals surface area contributed by atoms with Crippen molar-refractivity contribution in [1.29, 1.82) is 0 Å². The summed E-state index contributed by atoms with van der Waals surface area (Å²) in [7, 11) is 0. The van der Waals surface area contributed by atoms with Crippen LogP contribution in [-0.4, -0.2) is 45.9 Å². The molecule has 2 heterocycles. The van der Waals surface area contributed by atoms with E-state index in [0.29, 0.717) is 22.2 Å². The molecule has 1 aliphatic heterocycles. The standard InChI is InChI=1S/C27H25FN4O3/c1-17(33)31-23-7-5-4-6-19(23)18-8-9-22-21(14-18)20(12-13-30-22)24(34)10-11-26(35)32-16-27(2,28)15-25(32)29-3/h4-9,12-14,25H,10-11,15-16H2,1-2H3,(H,31,33)/t25-,27?/m0/s1. The number of anilines is 1. The summed E-state index contributed by atoms with van der Waals surface area (Å²) in [5.41, 5.74) is 1.72. The van der Waals surface area contributed by atoms with Gasteiger partial charge in [-0.1, -0.05) is 24.3 Å². The Balaban J connectivity index is 1.58. The number of ketones is 1. The number of amides is 2. The summed E-state index contributed by atoms with van der Waals surface area (Å²) in [5, 5.41) is 3.46. The summed E-state index contributed by atoms with van der Waals surface area (Å²) < 4.78 is 14.3. The molecule has 4 rings (SSSR count). The van der Waals surface area contributed by atoms with E-state index in [1.54, 1.807) is 18.3 Å². The van der Waals surface area contributed by atoms with Crippen molar-refractivity contribution in [2.45, 2.75) is 44.9 Å². The highest BCUT2D eigenvalue weighted by Gasteiger charge is 2.47. The van der Waals surface area contributed by atoms with Crippen molar-refractivity contribution in [2.24, 2.45) is 0 Å². The van der Waals surface area contributed by atoms with Gasteiger partial charge in [0.2, 0.25) is 11.8 Å². The Hall–Kier alpha value is -4.12. The highest BCUT2D eigenvalue weighted by atomic mass is 19.1. The zero-order chi connectivity index (χ0) is 25.2. The first-order valence-electron chi connectivity index (χ1n) is 11.3. The zero-order valence-electron chi connectivity index (χ0n) is 19.5. The number of hydrogen-bond acceptors (Lipinski definition) is 4. The van der Waals surface area contributed by atoms with Crippen LogP contribution in [0.5, 0.6) is 0 Å². The average molecular weight is 473 g/mol. The first-order valence-corrected chi connectivity index (χ1v) is 11.3. The number of nitrogens with zero attached hydrogens (tertiary/aromatic N) is 3. The molecule has 7 nitrogen and oxygen atoms in total. The minimum absolute atomic E-state index is 0.0199. The number of para-hydroxylation sites is 1. The monoisotopic (exact) mass is 472 g/mol. The lowest BCUT2D eigenvalue weighted by molar-refractivity contribution is -0.131. The first kappa shape index (κ1) is 24.0. The van der Waals surface area contributed by atoms with E-state index in [-0.39, 0.29) is 37.5 Å². The topological polar surface area (TPSA) is 83.7 Å². The van der Waals surface area contributed by atoms with Gasteiger partial charge in [-0.05, 0) is 36.8 Å². The molecule has 3 aromatic rings. The fourth-order valence-electron chi connectivity index (χ4n) is 4.47. The molecule has 1 aromatic heterocycles. The minimum atomic E-state index is -1.60. The van der Waals surface area contributed by atoms with Crippen LogP contribution in [0.3, 0.4) is 0 Å². The lowest BCUT2D eigenvalue weighted by atomic mass is 9.97. The third-order valence-electron chi connectivity index (χ3n) is 6.09. The van der Waals surface area contributed by atoms with Gasteiger partial charge in [0.1, 0.15) is 5.67 Å². The zero-order valence-corrected chi connectivity index (χ0v) is 19.5. The number of benzene rings is 2. The predicted molar refractivity (Wildman–Crippen MR) is 131 cm³/mol. The number of carbonyl (C=O) groups is 3. The Labute approximate surface area is 202 Å². The molecule has 2 atom stereocenters. The van der Waals surface area contributed by atoms with Crippen molar-refractivity contribution < 1.29 is 18.8 Å². The fourth-order valence-corrected chi connectivity index (χ4v) is 4.47. The number of aromatic nitrogens is 1. The van der Waals surface area contributed by atoms with Crippen molar-refractivity contribution in [3.05, 3.63) is 71.7 Å². The van der Waals surface area contributed by atoms with Crippen LogP contribution in [0.4, 0.5) is 10.1 Å². The van der Waals surface area contributed by atoms with Crippen LogP contribution in [0.1, 0.15) is 43.5 Å². The van der Waals surface area contributed by atoms with Crippen LogP contribution in [0, 0.1) is 6.57 Å². The summed E-state index contributed by atoms with van der Waals surface area (Å²) in [6.07, 6.45) is 0.533. The van der Waals surface area contributed by atoms with Gasteiger partial charge in [0, 0.05) is 48.2 Å². The van der Waals surface area contributed by atoms with Gasteiger partial charge in [-0.2, -0.15) is 0 Å². The second-order valence-corrected chi connectivity index (χ2v) is 8.99. The number of hydrogen-bond donors (Lipinski definition) is 1. The van der Waals surface area contributed by atoms with Gasteiger partial charge in [-0.25, -0.2) is 11.0 Å². The average Bonchev–Trinajstić information content (AvgIpc) is 3.16. The maximum absolute atomic E-state index is 14.3. The Kier molecular flexibility index (Phi) is 6.61. The number of carbonyl (C=O) groups excluding carboxylic acids is 3. The summed E-state index contributed by atoms with van der Waals surface area (Å²) in [5.74, 6) is -0.824. The third-order valence-corrected chi connectivity index (χ3v) is 6.09. The number of nitrogens with one attached hydrogen (secondary N) is 1. The number of alkyl halides is 1. The molecule has 1 fully saturated rings. The summed E-state index contributed by atoms with van der Waals surface area (Å²) in [6.45, 7) is 9.94. The van der Waals surface area contributed by atoms with E-state index in [0.717, 1.165) is 11.1 Å². The van der Waals surface area contributed by atoms with E-state index in [1.807, 2.05) is 36.4 Å². The molecule has 2 amide bonds. The number of Topliss-reactive ketones (excluding diaryl/α,β-unsaturated/α-hetero) is 1. The highest BCUT2D eigenvalue weighted by molar-refractivity contribution is 6.09. The molecule has 1 aliphatic rings. The van der Waals surface area contributed by atoms with Crippen LogP contribution >= 0.6 is 0 Å². The number of halogens is 1. The van der Waals surface area contributed by atoms with Gasteiger partial charge in [0.15, 0.2) is 5.78 Å². The van der Waals surface area contributed by atoms with Crippen LogP contribution < -0.4 is 5.32 Å². The second kappa shape index (κ2) is 9.63. The molecule has 0 radical (unpaired) electrons. The molecule has 1 N–H and O–H groups in total. The van der Waals surface area contributed by atoms with E-state index in [2.05, 4.69) is 15.1 Å². The van der Waals surface area contributed by atoms with Crippen molar-refractivity contribution in [3.63, 3.8) is 0 Å². The van der Waals surface area contributed by atoms with E-state index in [1.165, 1.54) is 18.7 Å². The van der Waals surface area contributed by atoms with Crippen LogP contribution in [0.2, 0.25) is 0 Å². The minimum Gasteiger partial charge on any atom is -0.326 e. The van der Waals surface area contributed by atoms with E-state index in [4.69, 9.17) is 6.57 Å². The summed E-state index contributed by atoms with van der Waals surface area (Å²) >= 11 is 0. The second-order valence-electron chi connectivity index (χ2n) is 8.99. The molecule has 35 heavy (non-hydrogen) atoms. The van der Waals surface area contributed by atoms with Gasteiger partial charge < -0.3 is 5.32 Å². The van der Waals surface area contributed by atoms with Crippen molar-refractivity contribution in [3.8, 4) is 11.1 Å². The van der Waals surface area contributed by atoms with E-state index >= 15 is 0 Å². The number of rotatable bonds is 6. The van der Waals surface area contributed by atoms with Gasteiger partial charge in [0.05, 0.1) is 18.5 Å². The van der Waals surface area contributed by atoms with Crippen LogP contribution in [-0.2, 0) is 9.59 Å². The molecule has 2 aromatic carbocycles. The Morgan fingerprint density at radius 1 is 1.20 bits per heavy atom. The maximum Gasteiger partial charge on any atom is 0.303 e. The van der Waals surface area contributed by atoms with Crippen molar-refractivity contribution in [1.82, 2.24) is 9.88 Å². The molecule has 1 saturated heterocycles. The van der Waals surface area contributed by atoms with E-state index < -0.39 is 17.7 Å². The Bertz CT molecular complexity index is 1360. The van der Waals surface area contributed by atoms with Gasteiger partial charge in [0.25, 0.3) is 0 Å². The summed E-state index contributed by atoms with van der Waals surface area (Å²) in [6, 6.07) is 14.5. The quantitative estimate of drug-likeness (QED) is 0.403. The molecule has 8 heteroatoms. The molecular weight excluding hydrogens is 447 g/mol. The third kappa shape index (κ3) is 5.19. The normalized spacial score (nSPS) is 19.4. The maximum atomic E-state index is 14.3. The molecule has 0 spiro atoms.